The van der Waals surface area contributed by atoms with Gasteiger partial charge in [0.15, 0.2) is 0 Å². The third kappa shape index (κ3) is 3.40. The smallest absolute Gasteiger partial charge is 0.244 e. The van der Waals surface area contributed by atoms with Crippen LogP contribution in [0.25, 0.3) is 0 Å². The number of pyridine rings is 1. The fourth-order valence-corrected chi connectivity index (χ4v) is 2.63. The largest absolute Gasteiger partial charge is 0.340 e. The van der Waals surface area contributed by atoms with Gasteiger partial charge in [-0.15, -0.1) is 0 Å². The van der Waals surface area contributed by atoms with Gasteiger partial charge < -0.3 is 5.32 Å². The van der Waals surface area contributed by atoms with Crippen LogP contribution in [0.4, 0.5) is 11.5 Å². The molecule has 112 valence electrons. The summed E-state index contributed by atoms with van der Waals surface area (Å²) in [6, 6.07) is 9.23. The number of anilines is 2. The fourth-order valence-electron chi connectivity index (χ4n) is 1.78. The second-order valence-corrected chi connectivity index (χ2v) is 7.24. The highest BCUT2D eigenvalue weighted by Crippen LogP contribution is 2.19. The van der Waals surface area contributed by atoms with Gasteiger partial charge >= 0.3 is 0 Å². The fraction of sp³-hybridized carbons (Fsp3) is 0.267. The van der Waals surface area contributed by atoms with Crippen LogP contribution in [-0.4, -0.2) is 31.8 Å². The van der Waals surface area contributed by atoms with E-state index >= 15 is 0 Å². The van der Waals surface area contributed by atoms with E-state index in [9.17, 15) is 8.42 Å². The van der Waals surface area contributed by atoms with Crippen molar-refractivity contribution in [1.29, 1.82) is 0 Å². The number of hydrogen-bond donors (Lipinski definition) is 1. The van der Waals surface area contributed by atoms with Crippen molar-refractivity contribution >= 4 is 21.5 Å². The van der Waals surface area contributed by atoms with Crippen molar-refractivity contribution in [2.45, 2.75) is 18.7 Å². The van der Waals surface area contributed by atoms with Gasteiger partial charge in [0.1, 0.15) is 10.7 Å². The van der Waals surface area contributed by atoms with Crippen molar-refractivity contribution in [2.24, 2.45) is 0 Å². The Bertz CT molecular complexity index is 738. The Balaban J connectivity index is 2.22. The zero-order valence-corrected chi connectivity index (χ0v) is 13.4. The molecule has 0 aliphatic heterocycles. The second-order valence-electron chi connectivity index (χ2n) is 5.09. The minimum absolute atomic E-state index is 0.179. The average molecular weight is 305 g/mol. The van der Waals surface area contributed by atoms with Crippen LogP contribution in [0.3, 0.4) is 0 Å². The Kier molecular flexibility index (Phi) is 4.29. The number of aryl methyl sites for hydroxylation is 2. The molecule has 0 aliphatic rings. The van der Waals surface area contributed by atoms with Gasteiger partial charge in [-0.05, 0) is 49.2 Å². The number of hydrogen-bond acceptors (Lipinski definition) is 4. The van der Waals surface area contributed by atoms with Gasteiger partial charge in [0.25, 0.3) is 0 Å². The average Bonchev–Trinajstić information content (AvgIpc) is 2.43. The standard InChI is InChI=1S/C15H19N3O2S/c1-11-5-6-13(9-12(11)2)17-15-8-7-14(10-16-15)21(19,20)18(3)4/h5-10H,1-4H3,(H,16,17). The molecule has 1 N–H and O–H groups in total. The van der Waals surface area contributed by atoms with E-state index in [-0.39, 0.29) is 4.90 Å². The summed E-state index contributed by atoms with van der Waals surface area (Å²) >= 11 is 0. The van der Waals surface area contributed by atoms with Crippen molar-refractivity contribution in [3.05, 3.63) is 47.7 Å². The molecule has 6 heteroatoms. The van der Waals surface area contributed by atoms with Gasteiger partial charge in [0, 0.05) is 26.0 Å². The van der Waals surface area contributed by atoms with E-state index in [2.05, 4.69) is 17.2 Å². The monoisotopic (exact) mass is 305 g/mol. The normalized spacial score (nSPS) is 11.7. The molecule has 1 heterocycles. The molecule has 0 fully saturated rings. The molecular formula is C15H19N3O2S. The number of nitrogens with one attached hydrogen (secondary N) is 1. The van der Waals surface area contributed by atoms with E-state index in [0.29, 0.717) is 5.82 Å². The summed E-state index contributed by atoms with van der Waals surface area (Å²) < 4.78 is 25.1. The lowest BCUT2D eigenvalue weighted by Gasteiger charge is -2.12. The van der Waals surface area contributed by atoms with Crippen molar-refractivity contribution in [3.63, 3.8) is 0 Å². The molecule has 0 spiro atoms. The minimum atomic E-state index is -3.44. The summed E-state index contributed by atoms with van der Waals surface area (Å²) in [5.74, 6) is 0.607. The summed E-state index contributed by atoms with van der Waals surface area (Å²) in [5, 5.41) is 3.16. The number of benzene rings is 1. The molecule has 21 heavy (non-hydrogen) atoms. The molecule has 2 aromatic rings. The van der Waals surface area contributed by atoms with Crippen LogP contribution in [0.15, 0.2) is 41.4 Å². The van der Waals surface area contributed by atoms with Crippen LogP contribution in [-0.2, 0) is 10.0 Å². The molecule has 2 rings (SSSR count). The van der Waals surface area contributed by atoms with E-state index in [0.717, 1.165) is 5.69 Å². The maximum atomic E-state index is 11.9. The van der Waals surface area contributed by atoms with Crippen LogP contribution in [0.1, 0.15) is 11.1 Å². The molecule has 0 atom stereocenters. The van der Waals surface area contributed by atoms with E-state index in [4.69, 9.17) is 0 Å². The first-order chi connectivity index (χ1) is 9.80. The van der Waals surface area contributed by atoms with Crippen LogP contribution < -0.4 is 5.32 Å². The topological polar surface area (TPSA) is 62.3 Å². The molecule has 0 radical (unpaired) electrons. The van der Waals surface area contributed by atoms with Crippen molar-refractivity contribution in [2.75, 3.05) is 19.4 Å². The van der Waals surface area contributed by atoms with Crippen LogP contribution in [0.2, 0.25) is 0 Å². The minimum Gasteiger partial charge on any atom is -0.340 e. The molecule has 5 nitrogen and oxygen atoms in total. The first kappa shape index (κ1) is 15.5. The highest BCUT2D eigenvalue weighted by molar-refractivity contribution is 7.89. The van der Waals surface area contributed by atoms with Crippen molar-refractivity contribution < 1.29 is 8.42 Å². The zero-order valence-electron chi connectivity index (χ0n) is 12.6. The number of sulfonamides is 1. The van der Waals surface area contributed by atoms with Crippen molar-refractivity contribution in [1.82, 2.24) is 9.29 Å². The van der Waals surface area contributed by atoms with E-state index in [1.165, 1.54) is 35.7 Å². The number of nitrogens with zero attached hydrogens (tertiary/aromatic N) is 2. The lowest BCUT2D eigenvalue weighted by atomic mass is 10.1. The lowest BCUT2D eigenvalue weighted by Crippen LogP contribution is -2.22. The van der Waals surface area contributed by atoms with Crippen LogP contribution in [0, 0.1) is 13.8 Å². The maximum absolute atomic E-state index is 11.9. The summed E-state index contributed by atoms with van der Waals surface area (Å²) in [5.41, 5.74) is 3.33. The summed E-state index contributed by atoms with van der Waals surface area (Å²) in [7, 11) is -0.443. The third-order valence-electron chi connectivity index (χ3n) is 3.29. The van der Waals surface area contributed by atoms with E-state index in [1.807, 2.05) is 25.1 Å². The third-order valence-corrected chi connectivity index (χ3v) is 5.09. The highest BCUT2D eigenvalue weighted by atomic mass is 32.2. The number of rotatable bonds is 4. The lowest BCUT2D eigenvalue weighted by molar-refractivity contribution is 0.520. The molecule has 0 amide bonds. The molecular weight excluding hydrogens is 286 g/mol. The van der Waals surface area contributed by atoms with E-state index < -0.39 is 10.0 Å². The van der Waals surface area contributed by atoms with Gasteiger partial charge in [-0.3, -0.25) is 0 Å². The Morgan fingerprint density at radius 2 is 1.76 bits per heavy atom. The highest BCUT2D eigenvalue weighted by Gasteiger charge is 2.17. The van der Waals surface area contributed by atoms with Crippen LogP contribution in [0.5, 0.6) is 0 Å². The molecule has 1 aromatic heterocycles. The SMILES string of the molecule is Cc1ccc(Nc2ccc(S(=O)(=O)N(C)C)cn2)cc1C. The quantitative estimate of drug-likeness (QED) is 0.943. The Morgan fingerprint density at radius 3 is 2.29 bits per heavy atom. The second kappa shape index (κ2) is 5.83. The van der Waals surface area contributed by atoms with Gasteiger partial charge in [-0.25, -0.2) is 17.7 Å². The molecule has 0 unspecified atom stereocenters. The Hall–Kier alpha value is -1.92. The first-order valence-electron chi connectivity index (χ1n) is 6.53. The van der Waals surface area contributed by atoms with Gasteiger partial charge in [-0.1, -0.05) is 6.07 Å². The molecule has 0 bridgehead atoms. The summed E-state index contributed by atoms with van der Waals surface area (Å²) in [4.78, 5) is 4.34. The first-order valence-corrected chi connectivity index (χ1v) is 7.97. The predicted molar refractivity (Wildman–Crippen MR) is 84.3 cm³/mol. The van der Waals surface area contributed by atoms with Gasteiger partial charge in [0.05, 0.1) is 0 Å². The van der Waals surface area contributed by atoms with Gasteiger partial charge in [-0.2, -0.15) is 0 Å². The van der Waals surface area contributed by atoms with Crippen LogP contribution >= 0.6 is 0 Å². The molecule has 0 aliphatic carbocycles. The molecule has 1 aromatic carbocycles. The molecule has 0 saturated heterocycles. The van der Waals surface area contributed by atoms with E-state index in [1.54, 1.807) is 12.1 Å². The zero-order chi connectivity index (χ0) is 15.6. The Labute approximate surface area is 125 Å². The maximum Gasteiger partial charge on any atom is 0.244 e. The molecule has 0 saturated carbocycles. The number of aromatic nitrogens is 1. The summed E-state index contributed by atoms with van der Waals surface area (Å²) in [6.07, 6.45) is 1.36. The predicted octanol–water partition coefficient (Wildman–Crippen LogP) is 2.69. The summed E-state index contributed by atoms with van der Waals surface area (Å²) in [6.45, 7) is 4.10. The van der Waals surface area contributed by atoms with Gasteiger partial charge in [0.2, 0.25) is 10.0 Å². The Morgan fingerprint density at radius 1 is 1.05 bits per heavy atom. The van der Waals surface area contributed by atoms with Crippen molar-refractivity contribution in [3.8, 4) is 0 Å².